The van der Waals surface area contributed by atoms with Crippen molar-refractivity contribution in [3.8, 4) is 0 Å². The van der Waals surface area contributed by atoms with Gasteiger partial charge in [-0.15, -0.1) is 0 Å². The summed E-state index contributed by atoms with van der Waals surface area (Å²) in [5.41, 5.74) is 1.77. The highest BCUT2D eigenvalue weighted by Crippen LogP contribution is 2.39. The van der Waals surface area contributed by atoms with Gasteiger partial charge in [-0.05, 0) is 12.5 Å². The molecule has 0 unspecified atom stereocenters. The standard InChI is InChI=1S/C11H12Cl3NO2/c1-7-3-5-8(6-4-7)9(11(12,13)14)15-10(16)17-2/h3-6,9H,1-2H3,(H,15,16)/t9-/m1/s1. The van der Waals surface area contributed by atoms with E-state index in [1.807, 2.05) is 19.1 Å². The van der Waals surface area contributed by atoms with E-state index in [0.717, 1.165) is 5.56 Å². The van der Waals surface area contributed by atoms with Crippen molar-refractivity contribution in [2.45, 2.75) is 16.8 Å². The molecule has 1 atom stereocenters. The number of carbonyl (C=O) groups is 1. The Balaban J connectivity index is 2.98. The van der Waals surface area contributed by atoms with E-state index in [2.05, 4.69) is 10.1 Å². The average Bonchev–Trinajstić information content (AvgIpc) is 2.25. The molecule has 94 valence electrons. The van der Waals surface area contributed by atoms with Gasteiger partial charge in [-0.25, -0.2) is 4.79 Å². The number of amides is 1. The third-order valence-electron chi connectivity index (χ3n) is 2.19. The molecule has 0 radical (unpaired) electrons. The molecule has 1 amide bonds. The third kappa shape index (κ3) is 4.26. The van der Waals surface area contributed by atoms with Crippen LogP contribution in [-0.4, -0.2) is 17.0 Å². The number of halogens is 3. The molecule has 17 heavy (non-hydrogen) atoms. The Morgan fingerprint density at radius 3 is 2.24 bits per heavy atom. The maximum Gasteiger partial charge on any atom is 0.407 e. The van der Waals surface area contributed by atoms with Crippen molar-refractivity contribution in [2.24, 2.45) is 0 Å². The second-order valence-electron chi connectivity index (χ2n) is 3.52. The zero-order chi connectivity index (χ0) is 13.1. The van der Waals surface area contributed by atoms with E-state index >= 15 is 0 Å². The van der Waals surface area contributed by atoms with Crippen LogP contribution < -0.4 is 5.32 Å². The fraction of sp³-hybridized carbons (Fsp3) is 0.364. The van der Waals surface area contributed by atoms with Gasteiger partial charge in [0.2, 0.25) is 3.79 Å². The van der Waals surface area contributed by atoms with Crippen LogP contribution in [0.2, 0.25) is 0 Å². The lowest BCUT2D eigenvalue weighted by atomic mass is 10.1. The largest absolute Gasteiger partial charge is 0.453 e. The lowest BCUT2D eigenvalue weighted by Crippen LogP contribution is -2.36. The monoisotopic (exact) mass is 295 g/mol. The zero-order valence-electron chi connectivity index (χ0n) is 9.34. The van der Waals surface area contributed by atoms with Gasteiger partial charge in [-0.3, -0.25) is 0 Å². The summed E-state index contributed by atoms with van der Waals surface area (Å²) in [5.74, 6) is 0. The van der Waals surface area contributed by atoms with Gasteiger partial charge in [-0.2, -0.15) is 0 Å². The van der Waals surface area contributed by atoms with Crippen molar-refractivity contribution in [1.82, 2.24) is 5.32 Å². The van der Waals surface area contributed by atoms with E-state index in [1.54, 1.807) is 12.1 Å². The number of hydrogen-bond donors (Lipinski definition) is 1. The summed E-state index contributed by atoms with van der Waals surface area (Å²) in [6.45, 7) is 1.95. The Kier molecular flexibility index (Phi) is 4.92. The van der Waals surface area contributed by atoms with E-state index in [-0.39, 0.29) is 0 Å². The molecule has 0 bridgehead atoms. The first kappa shape index (κ1) is 14.4. The molecule has 0 saturated carbocycles. The van der Waals surface area contributed by atoms with Crippen LogP contribution in [-0.2, 0) is 4.74 Å². The minimum absolute atomic E-state index is 0.651. The summed E-state index contributed by atoms with van der Waals surface area (Å²) in [5, 5.41) is 2.49. The summed E-state index contributed by atoms with van der Waals surface area (Å²) >= 11 is 17.5. The van der Waals surface area contributed by atoms with E-state index in [0.29, 0.717) is 5.56 Å². The fourth-order valence-electron chi connectivity index (χ4n) is 1.29. The molecule has 0 spiro atoms. The van der Waals surface area contributed by atoms with Gasteiger partial charge in [-0.1, -0.05) is 64.6 Å². The molecule has 3 nitrogen and oxygen atoms in total. The predicted molar refractivity (Wildman–Crippen MR) is 69.8 cm³/mol. The number of benzene rings is 1. The molecule has 6 heteroatoms. The minimum atomic E-state index is -1.65. The van der Waals surface area contributed by atoms with Crippen LogP contribution in [0.1, 0.15) is 17.2 Å². The maximum absolute atomic E-state index is 11.2. The third-order valence-corrected chi connectivity index (χ3v) is 2.84. The number of rotatable bonds is 2. The Bertz CT molecular complexity index is 387. The van der Waals surface area contributed by atoms with Crippen molar-refractivity contribution >= 4 is 40.9 Å². The molecule has 0 heterocycles. The Morgan fingerprint density at radius 1 is 1.29 bits per heavy atom. The minimum Gasteiger partial charge on any atom is -0.453 e. The molecular formula is C11H12Cl3NO2. The molecule has 0 fully saturated rings. The van der Waals surface area contributed by atoms with E-state index < -0.39 is 15.9 Å². The highest BCUT2D eigenvalue weighted by Gasteiger charge is 2.35. The normalized spacial score (nSPS) is 13.0. The number of nitrogens with one attached hydrogen (secondary N) is 1. The van der Waals surface area contributed by atoms with Gasteiger partial charge in [0.1, 0.15) is 6.04 Å². The topological polar surface area (TPSA) is 38.3 Å². The van der Waals surface area contributed by atoms with Crippen LogP contribution in [0.25, 0.3) is 0 Å². The first-order chi connectivity index (χ1) is 7.84. The van der Waals surface area contributed by atoms with Crippen LogP contribution in [0.5, 0.6) is 0 Å². The molecule has 1 aromatic rings. The van der Waals surface area contributed by atoms with E-state index in [1.165, 1.54) is 7.11 Å². The van der Waals surface area contributed by atoms with E-state index in [9.17, 15) is 4.79 Å². The lowest BCUT2D eigenvalue weighted by Gasteiger charge is -2.25. The summed E-state index contributed by atoms with van der Waals surface area (Å²) in [4.78, 5) is 11.2. The molecule has 1 aromatic carbocycles. The van der Waals surface area contributed by atoms with Crippen LogP contribution in [0, 0.1) is 6.92 Å². The molecule has 0 saturated heterocycles. The number of ether oxygens (including phenoxy) is 1. The Morgan fingerprint density at radius 2 is 1.82 bits per heavy atom. The van der Waals surface area contributed by atoms with Crippen molar-refractivity contribution in [1.29, 1.82) is 0 Å². The number of alkyl halides is 3. The number of methoxy groups -OCH3 is 1. The zero-order valence-corrected chi connectivity index (χ0v) is 11.6. The van der Waals surface area contributed by atoms with Gasteiger partial charge in [0.25, 0.3) is 0 Å². The first-order valence-corrected chi connectivity index (χ1v) is 5.95. The molecule has 0 aliphatic rings. The van der Waals surface area contributed by atoms with Gasteiger partial charge < -0.3 is 10.1 Å². The van der Waals surface area contributed by atoms with Crippen LogP contribution in [0.15, 0.2) is 24.3 Å². The van der Waals surface area contributed by atoms with Gasteiger partial charge in [0.15, 0.2) is 0 Å². The van der Waals surface area contributed by atoms with Gasteiger partial charge in [0.05, 0.1) is 7.11 Å². The highest BCUT2D eigenvalue weighted by atomic mass is 35.6. The number of carbonyl (C=O) groups excluding carboxylic acids is 1. The van der Waals surface area contributed by atoms with Crippen molar-refractivity contribution in [3.63, 3.8) is 0 Å². The van der Waals surface area contributed by atoms with Crippen molar-refractivity contribution in [3.05, 3.63) is 35.4 Å². The average molecular weight is 297 g/mol. The molecular weight excluding hydrogens is 284 g/mol. The maximum atomic E-state index is 11.2. The summed E-state index contributed by atoms with van der Waals surface area (Å²) in [7, 11) is 1.25. The van der Waals surface area contributed by atoms with Crippen molar-refractivity contribution in [2.75, 3.05) is 7.11 Å². The number of hydrogen-bond acceptors (Lipinski definition) is 2. The Labute approximate surface area is 115 Å². The quantitative estimate of drug-likeness (QED) is 0.844. The number of aryl methyl sites for hydroxylation is 1. The number of alkyl carbamates (subject to hydrolysis) is 1. The SMILES string of the molecule is COC(=O)N[C@H](c1ccc(C)cc1)C(Cl)(Cl)Cl. The summed E-state index contributed by atoms with van der Waals surface area (Å²) < 4.78 is 2.85. The second kappa shape index (κ2) is 5.80. The van der Waals surface area contributed by atoms with Crippen LogP contribution in [0.3, 0.4) is 0 Å². The molecule has 0 aromatic heterocycles. The van der Waals surface area contributed by atoms with Crippen LogP contribution in [0.4, 0.5) is 4.79 Å². The first-order valence-electron chi connectivity index (χ1n) is 4.82. The van der Waals surface area contributed by atoms with Crippen molar-refractivity contribution < 1.29 is 9.53 Å². The van der Waals surface area contributed by atoms with Gasteiger partial charge in [0, 0.05) is 0 Å². The molecule has 1 rings (SSSR count). The van der Waals surface area contributed by atoms with E-state index in [4.69, 9.17) is 34.8 Å². The molecule has 0 aliphatic carbocycles. The Hall–Kier alpha value is -0.640. The lowest BCUT2D eigenvalue weighted by molar-refractivity contribution is 0.166. The smallest absolute Gasteiger partial charge is 0.407 e. The summed E-state index contributed by atoms with van der Waals surface area (Å²) in [6, 6.07) is 6.56. The van der Waals surface area contributed by atoms with Gasteiger partial charge >= 0.3 is 6.09 Å². The molecule has 0 aliphatic heterocycles. The predicted octanol–water partition coefficient (Wildman–Crippen LogP) is 3.76. The fourth-order valence-corrected chi connectivity index (χ4v) is 1.83. The highest BCUT2D eigenvalue weighted by molar-refractivity contribution is 6.68. The summed E-state index contributed by atoms with van der Waals surface area (Å²) in [6.07, 6.45) is -0.651. The molecule has 1 N–H and O–H groups in total. The second-order valence-corrected chi connectivity index (χ2v) is 5.89. The van der Waals surface area contributed by atoms with Crippen LogP contribution >= 0.6 is 34.8 Å².